The van der Waals surface area contributed by atoms with E-state index in [4.69, 9.17) is 0 Å². The van der Waals surface area contributed by atoms with E-state index in [1.165, 1.54) is 24.3 Å². The van der Waals surface area contributed by atoms with Crippen molar-refractivity contribution in [1.29, 1.82) is 0 Å². The highest BCUT2D eigenvalue weighted by molar-refractivity contribution is 6.13. The van der Waals surface area contributed by atoms with Crippen molar-refractivity contribution >= 4 is 16.6 Å². The van der Waals surface area contributed by atoms with Crippen LogP contribution in [0.25, 0.3) is 10.8 Å². The molecule has 21 heteroatoms. The number of carbonyl (C=O) groups is 1. The fourth-order valence-electron chi connectivity index (χ4n) is 3.23. The van der Waals surface area contributed by atoms with E-state index in [0.717, 1.165) is 12.1 Å². The zero-order chi connectivity index (χ0) is 34.0. The van der Waals surface area contributed by atoms with E-state index in [9.17, 15) is 92.6 Å². The summed E-state index contributed by atoms with van der Waals surface area (Å²) in [5.74, 6) is -75.5. The monoisotopic (exact) mass is 668 g/mol. The molecule has 0 aromatic heterocycles. The van der Waals surface area contributed by atoms with Crippen molar-refractivity contribution in [3.8, 4) is 0 Å². The van der Waals surface area contributed by atoms with E-state index < -0.39 is 76.8 Å². The molecule has 1 nitrogen and oxygen atoms in total. The van der Waals surface area contributed by atoms with Crippen molar-refractivity contribution in [1.82, 2.24) is 0 Å². The van der Waals surface area contributed by atoms with Crippen molar-refractivity contribution in [2.45, 2.75) is 53.6 Å². The van der Waals surface area contributed by atoms with Crippen LogP contribution in [0.5, 0.6) is 0 Å². The lowest BCUT2D eigenvalue weighted by atomic mass is 9.87. The molecule has 0 aliphatic heterocycles. The molecule has 2 aromatic carbocycles. The number of benzene rings is 2. The molecule has 43 heavy (non-hydrogen) atoms. The first-order valence-electron chi connectivity index (χ1n) is 10.4. The van der Waals surface area contributed by atoms with Crippen LogP contribution in [-0.2, 0) is 0 Å². The van der Waals surface area contributed by atoms with Crippen LogP contribution < -0.4 is 0 Å². The third-order valence-electron chi connectivity index (χ3n) is 5.73. The number of halogens is 20. The Bertz CT molecular complexity index is 1400. The lowest BCUT2D eigenvalue weighted by molar-refractivity contribution is -0.467. The molecule has 0 atom stereocenters. The topological polar surface area (TPSA) is 17.1 Å². The van der Waals surface area contributed by atoms with Gasteiger partial charge in [0.1, 0.15) is 0 Å². The summed E-state index contributed by atoms with van der Waals surface area (Å²) in [4.78, 5) is 12.2. The highest BCUT2D eigenvalue weighted by Gasteiger charge is 2.96. The molecular weight excluding hydrogens is 660 g/mol. The van der Waals surface area contributed by atoms with Gasteiger partial charge in [-0.25, -0.2) is 4.39 Å². The summed E-state index contributed by atoms with van der Waals surface area (Å²) in [7, 11) is 0. The van der Waals surface area contributed by atoms with Crippen LogP contribution in [0.2, 0.25) is 0 Å². The molecule has 242 valence electrons. The molecule has 0 amide bonds. The first-order chi connectivity index (χ1) is 18.9. The lowest BCUT2D eigenvalue weighted by Crippen LogP contribution is -2.75. The van der Waals surface area contributed by atoms with Gasteiger partial charge in [0.05, 0.1) is 0 Å². The van der Waals surface area contributed by atoms with Gasteiger partial charge >= 0.3 is 53.6 Å². The Labute approximate surface area is 223 Å². The summed E-state index contributed by atoms with van der Waals surface area (Å²) in [6.07, 6.45) is -9.23. The molecule has 0 bridgehead atoms. The van der Waals surface area contributed by atoms with Crippen LogP contribution in [0.15, 0.2) is 54.4 Å². The van der Waals surface area contributed by atoms with Gasteiger partial charge in [-0.3, -0.25) is 4.79 Å². The van der Waals surface area contributed by atoms with Gasteiger partial charge in [0.15, 0.2) is 11.6 Å². The van der Waals surface area contributed by atoms with Crippen molar-refractivity contribution in [3.05, 3.63) is 59.9 Å². The number of carbonyl (C=O) groups excluding carboxylic acids is 1. The second kappa shape index (κ2) is 10.1. The molecule has 0 saturated heterocycles. The van der Waals surface area contributed by atoms with E-state index in [2.05, 4.69) is 0 Å². The highest BCUT2D eigenvalue weighted by Crippen LogP contribution is 2.65. The van der Waals surface area contributed by atoms with E-state index >= 15 is 0 Å². The Kier molecular flexibility index (Phi) is 8.46. The zero-order valence-electron chi connectivity index (χ0n) is 19.6. The molecule has 0 heterocycles. The van der Waals surface area contributed by atoms with E-state index in [0.29, 0.717) is 6.07 Å². The third-order valence-corrected chi connectivity index (χ3v) is 5.73. The fourth-order valence-corrected chi connectivity index (χ4v) is 3.23. The van der Waals surface area contributed by atoms with Crippen molar-refractivity contribution < 1.29 is 92.6 Å². The van der Waals surface area contributed by atoms with Gasteiger partial charge in [0.25, 0.3) is 0 Å². The minimum atomic E-state index is -9.12. The maximum Gasteiger partial charge on any atom is 0.460 e. The number of fused-ring (bicyclic) bond motifs is 1. The number of allylic oxidation sites excluding steroid dienone is 2. The number of hydrogen-bond acceptors (Lipinski definition) is 1. The summed E-state index contributed by atoms with van der Waals surface area (Å²) in [5, 5.41) is -0.161. The third kappa shape index (κ3) is 4.85. The fraction of sp³-hybridized carbons (Fsp3) is 0.409. The van der Waals surface area contributed by atoms with Gasteiger partial charge in [-0.2, -0.15) is 83.4 Å². The second-order valence-corrected chi connectivity index (χ2v) is 8.48. The minimum absolute atomic E-state index is 0.0847. The zero-order valence-corrected chi connectivity index (χ0v) is 19.6. The predicted molar refractivity (Wildman–Crippen MR) is 103 cm³/mol. The van der Waals surface area contributed by atoms with E-state index in [1.807, 2.05) is 0 Å². The Morgan fingerprint density at radius 1 is 0.488 bits per heavy atom. The Balaban J connectivity index is 2.64. The minimum Gasteiger partial charge on any atom is -0.289 e. The normalized spacial score (nSPS) is 15.7. The first kappa shape index (κ1) is 35.9. The summed E-state index contributed by atoms with van der Waals surface area (Å²) in [6, 6.07) is 7.69. The lowest BCUT2D eigenvalue weighted by Gasteiger charge is -2.43. The predicted octanol–water partition coefficient (Wildman–Crippen LogP) is 9.52. The molecule has 0 radical (unpaired) electrons. The average molecular weight is 668 g/mol. The van der Waals surface area contributed by atoms with Crippen LogP contribution >= 0.6 is 0 Å². The smallest absolute Gasteiger partial charge is 0.289 e. The number of alkyl halides is 19. The van der Waals surface area contributed by atoms with Gasteiger partial charge in [0.2, 0.25) is 0 Å². The average Bonchev–Trinajstić information content (AvgIpc) is 2.86. The van der Waals surface area contributed by atoms with Crippen LogP contribution in [-0.4, -0.2) is 59.3 Å². The summed E-state index contributed by atoms with van der Waals surface area (Å²) >= 11 is 0. The van der Waals surface area contributed by atoms with Crippen molar-refractivity contribution in [2.24, 2.45) is 0 Å². The standard InChI is InChI=1S/C22H8F20O/c23-13(8-12(43)11-7-3-5-9-4-1-2-6-10(9)11)14(24,25)15(26,27)16(28,29)17(30,31)18(32,33)19(34,35)20(36,37)21(38,39)22(40,41)42/h1-8H/b13-8-. The highest BCUT2D eigenvalue weighted by atomic mass is 19.4. The SMILES string of the molecule is O=C(/C=C(\F)C(F)(F)C(F)(F)C(F)(F)C(F)(F)C(F)(F)C(F)(F)C(F)(F)C(F)(F)C(F)(F)F)c1cccc2ccccc12. The summed E-state index contributed by atoms with van der Waals surface area (Å²) in [5.41, 5.74) is -0.844. The maximum absolute atomic E-state index is 14.1. The Morgan fingerprint density at radius 3 is 1.30 bits per heavy atom. The molecule has 0 N–H and O–H groups in total. The van der Waals surface area contributed by atoms with Gasteiger partial charge < -0.3 is 0 Å². The molecule has 2 aromatic rings. The molecule has 0 fully saturated rings. The Hall–Kier alpha value is -3.29. The van der Waals surface area contributed by atoms with Crippen molar-refractivity contribution in [3.63, 3.8) is 0 Å². The molecule has 2 rings (SSSR count). The largest absolute Gasteiger partial charge is 0.460 e. The van der Waals surface area contributed by atoms with Gasteiger partial charge in [-0.15, -0.1) is 0 Å². The van der Waals surface area contributed by atoms with E-state index in [1.54, 1.807) is 0 Å². The molecule has 0 aliphatic rings. The van der Waals surface area contributed by atoms with Gasteiger partial charge in [-0.05, 0) is 10.8 Å². The maximum atomic E-state index is 14.1. The quantitative estimate of drug-likeness (QED) is 0.140. The molecule has 0 spiro atoms. The van der Waals surface area contributed by atoms with Gasteiger partial charge in [-0.1, -0.05) is 42.5 Å². The Morgan fingerprint density at radius 2 is 0.860 bits per heavy atom. The van der Waals surface area contributed by atoms with Gasteiger partial charge in [0, 0.05) is 11.6 Å². The van der Waals surface area contributed by atoms with Crippen molar-refractivity contribution in [2.75, 3.05) is 0 Å². The number of ketones is 1. The second-order valence-electron chi connectivity index (χ2n) is 8.48. The van der Waals surface area contributed by atoms with Crippen LogP contribution in [0.4, 0.5) is 87.8 Å². The summed E-state index contributed by atoms with van der Waals surface area (Å²) < 4.78 is 269. The van der Waals surface area contributed by atoms with Crippen LogP contribution in [0.3, 0.4) is 0 Å². The number of rotatable bonds is 10. The molecule has 0 unspecified atom stereocenters. The summed E-state index contributed by atoms with van der Waals surface area (Å²) in [6.45, 7) is 0. The van der Waals surface area contributed by atoms with Crippen LogP contribution in [0.1, 0.15) is 10.4 Å². The molecule has 0 saturated carbocycles. The molecule has 0 aliphatic carbocycles. The number of hydrogen-bond donors (Lipinski definition) is 0. The first-order valence-corrected chi connectivity index (χ1v) is 10.4. The molecular formula is C22H8F20O. The van der Waals surface area contributed by atoms with E-state index in [-0.39, 0.29) is 10.8 Å². The van der Waals surface area contributed by atoms with Crippen LogP contribution in [0, 0.1) is 0 Å².